The molecular weight excluding hydrogens is 576 g/mol. The molecule has 11 nitrogen and oxygen atoms in total. The van der Waals surface area contributed by atoms with Gasteiger partial charge in [0.25, 0.3) is 0 Å². The maximum absolute atomic E-state index is 14.3. The average Bonchev–Trinajstić information content (AvgIpc) is 2.92. The molecule has 0 bridgehead atoms. The number of esters is 1. The number of hydrogen-bond donors (Lipinski definition) is 3. The number of alkyl carbamates (subject to hydrolysis) is 1. The number of rotatable bonds is 13. The van der Waals surface area contributed by atoms with Crippen molar-refractivity contribution in [1.29, 1.82) is 0 Å². The molecule has 4 N–H and O–H groups in total. The molecule has 0 saturated heterocycles. The minimum absolute atomic E-state index is 0.0596. The van der Waals surface area contributed by atoms with Crippen LogP contribution in [-0.4, -0.2) is 64.5 Å². The van der Waals surface area contributed by atoms with Gasteiger partial charge in [0.1, 0.15) is 29.3 Å². The third-order valence-electron chi connectivity index (χ3n) is 6.63. The normalized spacial score (nSPS) is 13.5. The molecule has 0 aliphatic heterocycles. The number of likely N-dealkylation sites (N-methyl/N-ethyl adjacent to an activating group) is 1. The van der Waals surface area contributed by atoms with E-state index in [1.807, 2.05) is 49.4 Å². The second-order valence-electron chi connectivity index (χ2n) is 12.9. The smallest absolute Gasteiger partial charge is 0.408 e. The van der Waals surface area contributed by atoms with Gasteiger partial charge in [0.15, 0.2) is 0 Å². The van der Waals surface area contributed by atoms with Crippen LogP contribution in [0.3, 0.4) is 0 Å². The van der Waals surface area contributed by atoms with Crippen LogP contribution in [0.4, 0.5) is 4.79 Å². The van der Waals surface area contributed by atoms with Crippen molar-refractivity contribution in [2.45, 2.75) is 104 Å². The summed E-state index contributed by atoms with van der Waals surface area (Å²) in [6, 6.07) is 12.8. The Bertz CT molecular complexity index is 1330. The standard InChI is InChI=1S/C34H48N4O7/c1-9-38(30(41)25(19-20-27(35)39)37-32(43)45-34(6,7)8)28(24-18-14-13-15-22(24)2)29(40)36-26(31(42)44-33(3,4)5)21-23-16-11-10-12-17-23/h10-18,25-26,28H,9,19-21H2,1-8H3,(H2,35,39)(H,36,40)(H,37,43). The Morgan fingerprint density at radius 1 is 0.822 bits per heavy atom. The molecule has 0 aliphatic carbocycles. The molecule has 0 aliphatic rings. The molecule has 0 fully saturated rings. The number of amides is 4. The number of nitrogens with one attached hydrogen (secondary N) is 2. The number of nitrogens with two attached hydrogens (primary N) is 1. The molecule has 0 radical (unpaired) electrons. The van der Waals surface area contributed by atoms with E-state index in [1.54, 1.807) is 60.6 Å². The van der Waals surface area contributed by atoms with Gasteiger partial charge in [0.2, 0.25) is 17.7 Å². The maximum Gasteiger partial charge on any atom is 0.408 e. The molecule has 246 valence electrons. The lowest BCUT2D eigenvalue weighted by Crippen LogP contribution is -2.55. The summed E-state index contributed by atoms with van der Waals surface area (Å²) in [7, 11) is 0. The van der Waals surface area contributed by atoms with E-state index in [-0.39, 0.29) is 25.8 Å². The number of primary amides is 1. The fourth-order valence-corrected chi connectivity index (χ4v) is 4.67. The minimum atomic E-state index is -1.22. The van der Waals surface area contributed by atoms with Crippen molar-refractivity contribution in [2.75, 3.05) is 6.54 Å². The third kappa shape index (κ3) is 12.2. The summed E-state index contributed by atoms with van der Waals surface area (Å²) in [5, 5.41) is 5.41. The molecule has 4 amide bonds. The maximum atomic E-state index is 14.3. The zero-order valence-corrected chi connectivity index (χ0v) is 27.6. The molecule has 0 aromatic heterocycles. The van der Waals surface area contributed by atoms with Gasteiger partial charge in [-0.3, -0.25) is 14.4 Å². The summed E-state index contributed by atoms with van der Waals surface area (Å²) < 4.78 is 11.0. The van der Waals surface area contributed by atoms with Gasteiger partial charge < -0.3 is 30.7 Å². The van der Waals surface area contributed by atoms with E-state index < -0.39 is 59.1 Å². The summed E-state index contributed by atoms with van der Waals surface area (Å²) >= 11 is 0. The predicted molar refractivity (Wildman–Crippen MR) is 171 cm³/mol. The first-order valence-electron chi connectivity index (χ1n) is 15.1. The van der Waals surface area contributed by atoms with Gasteiger partial charge in [-0.15, -0.1) is 0 Å². The van der Waals surface area contributed by atoms with E-state index in [2.05, 4.69) is 10.6 Å². The van der Waals surface area contributed by atoms with Gasteiger partial charge in [0.05, 0.1) is 0 Å². The van der Waals surface area contributed by atoms with Crippen molar-refractivity contribution in [2.24, 2.45) is 5.73 Å². The first-order chi connectivity index (χ1) is 20.9. The molecule has 0 heterocycles. The van der Waals surface area contributed by atoms with Crippen LogP contribution in [0.1, 0.15) is 84.0 Å². The highest BCUT2D eigenvalue weighted by atomic mass is 16.6. The van der Waals surface area contributed by atoms with Crippen LogP contribution in [0.5, 0.6) is 0 Å². The summed E-state index contributed by atoms with van der Waals surface area (Å²) in [4.78, 5) is 67.5. The predicted octanol–water partition coefficient (Wildman–Crippen LogP) is 4.11. The van der Waals surface area contributed by atoms with Crippen molar-refractivity contribution in [3.05, 3.63) is 71.3 Å². The average molecular weight is 625 g/mol. The molecule has 2 aromatic carbocycles. The van der Waals surface area contributed by atoms with Gasteiger partial charge in [0, 0.05) is 19.4 Å². The van der Waals surface area contributed by atoms with Crippen LogP contribution < -0.4 is 16.4 Å². The molecule has 11 heteroatoms. The zero-order chi connectivity index (χ0) is 33.9. The topological polar surface area (TPSA) is 157 Å². The quantitative estimate of drug-likeness (QED) is 0.283. The highest BCUT2D eigenvalue weighted by molar-refractivity contribution is 5.94. The molecule has 2 rings (SSSR count). The highest BCUT2D eigenvalue weighted by Gasteiger charge is 2.38. The number of ether oxygens (including phenoxy) is 2. The van der Waals surface area contributed by atoms with Crippen molar-refractivity contribution in [3.8, 4) is 0 Å². The molecule has 0 saturated carbocycles. The van der Waals surface area contributed by atoms with E-state index in [0.29, 0.717) is 5.56 Å². The Kier molecular flexibility index (Phi) is 13.1. The molecule has 3 atom stereocenters. The van der Waals surface area contributed by atoms with Gasteiger partial charge in [-0.2, -0.15) is 0 Å². The number of carbonyl (C=O) groups excluding carboxylic acids is 5. The van der Waals surface area contributed by atoms with Gasteiger partial charge >= 0.3 is 12.1 Å². The number of benzene rings is 2. The fourth-order valence-electron chi connectivity index (χ4n) is 4.67. The van der Waals surface area contributed by atoms with E-state index in [1.165, 1.54) is 4.90 Å². The monoisotopic (exact) mass is 624 g/mol. The van der Waals surface area contributed by atoms with Gasteiger partial charge in [-0.25, -0.2) is 9.59 Å². The Hall–Kier alpha value is -4.41. The van der Waals surface area contributed by atoms with Gasteiger partial charge in [-0.1, -0.05) is 54.6 Å². The van der Waals surface area contributed by atoms with Crippen LogP contribution in [-0.2, 0) is 35.1 Å². The van der Waals surface area contributed by atoms with E-state index in [0.717, 1.165) is 11.1 Å². The largest absolute Gasteiger partial charge is 0.458 e. The molecule has 45 heavy (non-hydrogen) atoms. The third-order valence-corrected chi connectivity index (χ3v) is 6.63. The van der Waals surface area contributed by atoms with E-state index in [4.69, 9.17) is 15.2 Å². The van der Waals surface area contributed by atoms with Crippen LogP contribution in [0.15, 0.2) is 54.6 Å². The van der Waals surface area contributed by atoms with Crippen molar-refractivity contribution in [1.82, 2.24) is 15.5 Å². The fraction of sp³-hybridized carbons (Fsp3) is 0.500. The molecule has 3 unspecified atom stereocenters. The lowest BCUT2D eigenvalue weighted by molar-refractivity contribution is -0.159. The van der Waals surface area contributed by atoms with Crippen LogP contribution in [0.2, 0.25) is 0 Å². The lowest BCUT2D eigenvalue weighted by Gasteiger charge is -2.35. The molecule has 0 spiro atoms. The van der Waals surface area contributed by atoms with E-state index in [9.17, 15) is 24.0 Å². The van der Waals surface area contributed by atoms with Crippen molar-refractivity contribution < 1.29 is 33.4 Å². The second-order valence-corrected chi connectivity index (χ2v) is 12.9. The first kappa shape index (κ1) is 36.8. The Morgan fingerprint density at radius 2 is 1.40 bits per heavy atom. The van der Waals surface area contributed by atoms with Crippen molar-refractivity contribution in [3.63, 3.8) is 0 Å². The number of nitrogens with zero attached hydrogens (tertiary/aromatic N) is 1. The Morgan fingerprint density at radius 3 is 1.93 bits per heavy atom. The van der Waals surface area contributed by atoms with E-state index >= 15 is 0 Å². The second kappa shape index (κ2) is 16.1. The summed E-state index contributed by atoms with van der Waals surface area (Å²) in [5.41, 5.74) is 5.79. The highest BCUT2D eigenvalue weighted by Crippen LogP contribution is 2.26. The van der Waals surface area contributed by atoms with Crippen LogP contribution >= 0.6 is 0 Å². The molecule has 2 aromatic rings. The van der Waals surface area contributed by atoms with Crippen LogP contribution in [0, 0.1) is 6.92 Å². The van der Waals surface area contributed by atoms with Crippen molar-refractivity contribution >= 4 is 29.8 Å². The zero-order valence-electron chi connectivity index (χ0n) is 27.6. The SMILES string of the molecule is CCN(C(=O)C(CCC(N)=O)NC(=O)OC(C)(C)C)C(C(=O)NC(Cc1ccccc1)C(=O)OC(C)(C)C)c1ccccc1C. The Balaban J connectivity index is 2.55. The summed E-state index contributed by atoms with van der Waals surface area (Å²) in [6.07, 6.45) is -1.00. The number of hydrogen-bond acceptors (Lipinski definition) is 7. The first-order valence-corrected chi connectivity index (χ1v) is 15.1. The summed E-state index contributed by atoms with van der Waals surface area (Å²) in [5.74, 6) is -2.51. The Labute approximate surface area is 266 Å². The lowest BCUT2D eigenvalue weighted by atomic mass is 9.96. The number of carbonyl (C=O) groups is 5. The number of aryl methyl sites for hydroxylation is 1. The molecular formula is C34H48N4O7. The minimum Gasteiger partial charge on any atom is -0.458 e. The van der Waals surface area contributed by atoms with Gasteiger partial charge in [-0.05, 0) is 78.5 Å². The van der Waals surface area contributed by atoms with Crippen LogP contribution in [0.25, 0.3) is 0 Å². The summed E-state index contributed by atoms with van der Waals surface area (Å²) in [6.45, 7) is 13.8.